The Hall–Kier alpha value is -4.00. The number of nitrogen functional groups attached to an aromatic ring is 1. The third kappa shape index (κ3) is 5.51. The Labute approximate surface area is 229 Å². The molecule has 2 aromatic rings. The standard InChI is InChI=1S/C25H32N8O7/c1-2-27-23(37)19-17(34)18(35)24(40-19)33-12-29-16-20(26)30-15(31-21(16)33)5-3-4-13-7-10-32(11-8-13)25(38)39-14-6-9-28-22(14)36/h12-14,17-19,24,34-35H,2,4,6-11H2,1H3,(H,27,37)(H,28,36)(H2,26,30,31). The van der Waals surface area contributed by atoms with Crippen molar-refractivity contribution in [3.8, 4) is 11.8 Å². The van der Waals surface area contributed by atoms with Crippen LogP contribution < -0.4 is 16.4 Å². The maximum atomic E-state index is 12.4. The zero-order chi connectivity index (χ0) is 28.4. The predicted octanol–water partition coefficient (Wildman–Crippen LogP) is -1.36. The number of likely N-dealkylation sites (tertiary alicyclic amines) is 1. The molecule has 15 heteroatoms. The van der Waals surface area contributed by atoms with Gasteiger partial charge in [0.1, 0.15) is 17.7 Å². The number of anilines is 1. The smallest absolute Gasteiger partial charge is 0.410 e. The van der Waals surface area contributed by atoms with Crippen molar-refractivity contribution in [2.45, 2.75) is 63.3 Å². The summed E-state index contributed by atoms with van der Waals surface area (Å²) in [6.07, 6.45) is -2.54. The molecule has 0 aromatic carbocycles. The van der Waals surface area contributed by atoms with E-state index in [1.807, 2.05) is 0 Å². The molecule has 3 amide bonds. The van der Waals surface area contributed by atoms with E-state index in [1.165, 1.54) is 10.9 Å². The molecular formula is C25H32N8O7. The number of imidazole rings is 1. The van der Waals surface area contributed by atoms with Gasteiger partial charge in [0, 0.05) is 39.0 Å². The van der Waals surface area contributed by atoms with E-state index < -0.39 is 42.6 Å². The third-order valence-corrected chi connectivity index (χ3v) is 7.28. The molecule has 214 valence electrons. The number of amides is 3. The molecule has 5 unspecified atom stereocenters. The molecule has 3 aliphatic rings. The van der Waals surface area contributed by atoms with Gasteiger partial charge in [-0.15, -0.1) is 0 Å². The van der Waals surface area contributed by atoms with Crippen molar-refractivity contribution in [1.82, 2.24) is 35.1 Å². The zero-order valence-corrected chi connectivity index (χ0v) is 21.9. The van der Waals surface area contributed by atoms with Crippen molar-refractivity contribution in [2.24, 2.45) is 5.92 Å². The minimum atomic E-state index is -1.44. The van der Waals surface area contributed by atoms with Crippen LogP contribution in [0.25, 0.3) is 11.2 Å². The monoisotopic (exact) mass is 556 g/mol. The van der Waals surface area contributed by atoms with E-state index in [1.54, 1.807) is 11.8 Å². The number of nitrogens with zero attached hydrogens (tertiary/aromatic N) is 5. The van der Waals surface area contributed by atoms with Gasteiger partial charge in [-0.3, -0.25) is 14.2 Å². The highest BCUT2D eigenvalue weighted by Gasteiger charge is 2.47. The summed E-state index contributed by atoms with van der Waals surface area (Å²) in [5.41, 5.74) is 6.60. The first-order chi connectivity index (χ1) is 19.3. The van der Waals surface area contributed by atoms with Crippen LogP contribution >= 0.6 is 0 Å². The topological polar surface area (TPSA) is 207 Å². The van der Waals surface area contributed by atoms with E-state index in [0.29, 0.717) is 39.0 Å². The van der Waals surface area contributed by atoms with Gasteiger partial charge in [-0.2, -0.15) is 0 Å². The highest BCUT2D eigenvalue weighted by atomic mass is 16.6. The van der Waals surface area contributed by atoms with Gasteiger partial charge < -0.3 is 41.0 Å². The lowest BCUT2D eigenvalue weighted by Gasteiger charge is -2.31. The fraction of sp³-hybridized carbons (Fsp3) is 0.600. The van der Waals surface area contributed by atoms with Crippen LogP contribution in [0.2, 0.25) is 0 Å². The fourth-order valence-electron chi connectivity index (χ4n) is 5.04. The molecule has 5 rings (SSSR count). The lowest BCUT2D eigenvalue weighted by molar-refractivity contribution is -0.137. The molecule has 0 spiro atoms. The quantitative estimate of drug-likeness (QED) is 0.272. The summed E-state index contributed by atoms with van der Waals surface area (Å²) in [6.45, 7) is 3.62. The molecule has 0 aliphatic carbocycles. The summed E-state index contributed by atoms with van der Waals surface area (Å²) in [5.74, 6) is 5.71. The van der Waals surface area contributed by atoms with Gasteiger partial charge in [0.05, 0.1) is 6.33 Å². The van der Waals surface area contributed by atoms with Crippen LogP contribution in [0.3, 0.4) is 0 Å². The van der Waals surface area contributed by atoms with E-state index in [9.17, 15) is 24.6 Å². The molecule has 5 heterocycles. The van der Waals surface area contributed by atoms with Crippen molar-refractivity contribution in [3.63, 3.8) is 0 Å². The summed E-state index contributed by atoms with van der Waals surface area (Å²) in [4.78, 5) is 50.7. The van der Waals surface area contributed by atoms with Gasteiger partial charge in [0.25, 0.3) is 11.8 Å². The number of piperidine rings is 1. The van der Waals surface area contributed by atoms with Gasteiger partial charge >= 0.3 is 6.09 Å². The number of rotatable bonds is 5. The Morgan fingerprint density at radius 1 is 1.25 bits per heavy atom. The summed E-state index contributed by atoms with van der Waals surface area (Å²) in [6, 6.07) is 0. The Morgan fingerprint density at radius 3 is 2.73 bits per heavy atom. The van der Waals surface area contributed by atoms with E-state index in [2.05, 4.69) is 37.4 Å². The molecule has 5 atom stereocenters. The molecule has 3 aliphatic heterocycles. The van der Waals surface area contributed by atoms with Crippen molar-refractivity contribution < 1.29 is 34.1 Å². The second-order valence-electron chi connectivity index (χ2n) is 9.97. The molecule has 2 aromatic heterocycles. The number of carbonyl (C=O) groups excluding carboxylic acids is 3. The minimum Gasteiger partial charge on any atom is -0.436 e. The van der Waals surface area contributed by atoms with Crippen LogP contribution in [-0.2, 0) is 19.1 Å². The number of ether oxygens (including phenoxy) is 2. The molecule has 3 saturated heterocycles. The van der Waals surface area contributed by atoms with E-state index in [0.717, 1.165) is 12.8 Å². The van der Waals surface area contributed by atoms with Crippen LogP contribution in [0.15, 0.2) is 6.33 Å². The Balaban J connectivity index is 1.21. The first kappa shape index (κ1) is 27.6. The molecule has 6 N–H and O–H groups in total. The van der Waals surface area contributed by atoms with Gasteiger partial charge in [0.15, 0.2) is 29.9 Å². The number of hydrogen-bond donors (Lipinski definition) is 5. The first-order valence-corrected chi connectivity index (χ1v) is 13.3. The van der Waals surface area contributed by atoms with Crippen LogP contribution in [0.5, 0.6) is 0 Å². The SMILES string of the molecule is CCNC(=O)C1OC(n2cnc3c(N)nc(C#CCC4CCN(C(=O)OC5CCNC5=O)CC4)nc32)C(O)C1O. The summed E-state index contributed by atoms with van der Waals surface area (Å²) in [7, 11) is 0. The summed E-state index contributed by atoms with van der Waals surface area (Å²) < 4.78 is 12.4. The number of aliphatic hydroxyl groups excluding tert-OH is 2. The number of fused-ring (bicyclic) bond motifs is 1. The Bertz CT molecular complexity index is 1350. The van der Waals surface area contributed by atoms with Gasteiger partial charge in [-0.1, -0.05) is 5.92 Å². The van der Waals surface area contributed by atoms with Gasteiger partial charge in [-0.25, -0.2) is 19.7 Å². The number of carbonyl (C=O) groups is 3. The van der Waals surface area contributed by atoms with Crippen molar-refractivity contribution in [3.05, 3.63) is 12.2 Å². The molecular weight excluding hydrogens is 524 g/mol. The number of likely N-dealkylation sites (N-methyl/N-ethyl adjacent to an activating group) is 1. The second-order valence-corrected chi connectivity index (χ2v) is 9.97. The maximum absolute atomic E-state index is 12.4. The van der Waals surface area contributed by atoms with Crippen LogP contribution in [0.4, 0.5) is 10.6 Å². The van der Waals surface area contributed by atoms with Crippen LogP contribution in [0, 0.1) is 17.8 Å². The fourth-order valence-corrected chi connectivity index (χ4v) is 5.04. The van der Waals surface area contributed by atoms with Crippen LogP contribution in [0.1, 0.15) is 44.7 Å². The number of nitrogens with one attached hydrogen (secondary N) is 2. The Kier molecular flexibility index (Phi) is 8.01. The van der Waals surface area contributed by atoms with Crippen molar-refractivity contribution >= 4 is 34.9 Å². The largest absolute Gasteiger partial charge is 0.436 e. The number of aromatic nitrogens is 4. The lowest BCUT2D eigenvalue weighted by atomic mass is 9.94. The van der Waals surface area contributed by atoms with Gasteiger partial charge in [-0.05, 0) is 31.6 Å². The third-order valence-electron chi connectivity index (χ3n) is 7.28. The average Bonchev–Trinajstić information content (AvgIpc) is 3.62. The van der Waals surface area contributed by atoms with Crippen LogP contribution in [-0.4, -0.2) is 103 Å². The molecule has 40 heavy (non-hydrogen) atoms. The highest BCUT2D eigenvalue weighted by molar-refractivity contribution is 5.85. The zero-order valence-electron chi connectivity index (χ0n) is 21.9. The highest BCUT2D eigenvalue weighted by Crippen LogP contribution is 2.32. The molecule has 0 radical (unpaired) electrons. The Morgan fingerprint density at radius 2 is 2.02 bits per heavy atom. The summed E-state index contributed by atoms with van der Waals surface area (Å²) >= 11 is 0. The predicted molar refractivity (Wildman–Crippen MR) is 138 cm³/mol. The van der Waals surface area contributed by atoms with E-state index in [-0.39, 0.29) is 34.6 Å². The number of nitrogens with two attached hydrogens (primary N) is 1. The molecule has 0 saturated carbocycles. The average molecular weight is 557 g/mol. The van der Waals surface area contributed by atoms with Crippen molar-refractivity contribution in [1.29, 1.82) is 0 Å². The van der Waals surface area contributed by atoms with Gasteiger partial charge in [0.2, 0.25) is 5.82 Å². The first-order valence-electron chi connectivity index (χ1n) is 13.3. The van der Waals surface area contributed by atoms with Crippen molar-refractivity contribution in [2.75, 3.05) is 31.9 Å². The number of aliphatic hydroxyl groups is 2. The molecule has 3 fully saturated rings. The molecule has 0 bridgehead atoms. The van der Waals surface area contributed by atoms with E-state index in [4.69, 9.17) is 15.2 Å². The normalized spacial score (nSPS) is 26.8. The van der Waals surface area contributed by atoms with E-state index >= 15 is 0 Å². The second kappa shape index (κ2) is 11.6. The maximum Gasteiger partial charge on any atom is 0.410 e. The minimum absolute atomic E-state index is 0.0872. The number of hydrogen-bond acceptors (Lipinski definition) is 11. The lowest BCUT2D eigenvalue weighted by Crippen LogP contribution is -2.42. The molecule has 15 nitrogen and oxygen atoms in total. The summed E-state index contributed by atoms with van der Waals surface area (Å²) in [5, 5.41) is 26.2.